The van der Waals surface area contributed by atoms with E-state index in [9.17, 15) is 14.4 Å². The molecular weight excluding hydrogens is 372 g/mol. The maximum Gasteiger partial charge on any atom is 0.419 e. The van der Waals surface area contributed by atoms with Crippen LogP contribution >= 0.6 is 0 Å². The Balaban J connectivity index is 1.40. The van der Waals surface area contributed by atoms with Gasteiger partial charge in [-0.3, -0.25) is 14.2 Å². The molecule has 150 valence electrons. The minimum Gasteiger partial charge on any atom is -0.452 e. The Labute approximate surface area is 167 Å². The predicted octanol–water partition coefficient (Wildman–Crippen LogP) is 2.89. The highest BCUT2D eigenvalue weighted by molar-refractivity contribution is 5.99. The molecule has 2 aromatic carbocycles. The molecular formula is C22H22N2O5. The van der Waals surface area contributed by atoms with Gasteiger partial charge < -0.3 is 14.1 Å². The molecule has 1 aromatic heterocycles. The number of aryl methyl sites for hydroxylation is 1. The van der Waals surface area contributed by atoms with E-state index in [2.05, 4.69) is 0 Å². The van der Waals surface area contributed by atoms with Gasteiger partial charge in [-0.2, -0.15) is 0 Å². The Morgan fingerprint density at radius 3 is 2.72 bits per heavy atom. The molecule has 0 saturated carbocycles. The van der Waals surface area contributed by atoms with Crippen molar-refractivity contribution in [3.8, 4) is 0 Å². The largest absolute Gasteiger partial charge is 0.452 e. The summed E-state index contributed by atoms with van der Waals surface area (Å²) in [6.45, 7) is 3.68. The molecule has 0 N–H and O–H groups in total. The summed E-state index contributed by atoms with van der Waals surface area (Å²) in [5.74, 6) is -1.31. The van der Waals surface area contributed by atoms with Crippen LogP contribution in [0.1, 0.15) is 25.8 Å². The summed E-state index contributed by atoms with van der Waals surface area (Å²) in [4.78, 5) is 38.9. The van der Waals surface area contributed by atoms with Gasteiger partial charge in [0, 0.05) is 18.3 Å². The zero-order valence-electron chi connectivity index (χ0n) is 16.3. The quantitative estimate of drug-likeness (QED) is 0.622. The fourth-order valence-corrected chi connectivity index (χ4v) is 3.83. The molecule has 0 spiro atoms. The zero-order valence-corrected chi connectivity index (χ0v) is 16.3. The van der Waals surface area contributed by atoms with E-state index in [4.69, 9.17) is 9.15 Å². The fourth-order valence-electron chi connectivity index (χ4n) is 3.83. The van der Waals surface area contributed by atoms with Gasteiger partial charge in [0.25, 0.3) is 5.91 Å². The van der Waals surface area contributed by atoms with Gasteiger partial charge >= 0.3 is 11.7 Å². The van der Waals surface area contributed by atoms with Gasteiger partial charge in [-0.15, -0.1) is 0 Å². The van der Waals surface area contributed by atoms with Gasteiger partial charge in [0.1, 0.15) is 0 Å². The molecule has 0 aliphatic carbocycles. The number of carbonyl (C=O) groups excluding carboxylic acids is 2. The lowest BCUT2D eigenvalue weighted by molar-refractivity contribution is -0.154. The summed E-state index contributed by atoms with van der Waals surface area (Å²) in [5.41, 5.74) is 3.07. The van der Waals surface area contributed by atoms with Crippen LogP contribution in [0.5, 0.6) is 0 Å². The van der Waals surface area contributed by atoms with Crippen LogP contribution in [0.25, 0.3) is 11.1 Å². The molecule has 0 bridgehead atoms. The van der Waals surface area contributed by atoms with Crippen molar-refractivity contribution in [1.29, 1.82) is 0 Å². The lowest BCUT2D eigenvalue weighted by atomic mass is 10.1. The molecule has 0 fully saturated rings. The average molecular weight is 394 g/mol. The maximum atomic E-state index is 12.9. The van der Waals surface area contributed by atoms with E-state index in [0.717, 1.165) is 17.7 Å². The number of oxazole rings is 1. The number of nitrogens with zero attached hydrogens (tertiary/aromatic N) is 2. The van der Waals surface area contributed by atoms with Gasteiger partial charge in [-0.25, -0.2) is 4.79 Å². The molecule has 7 nitrogen and oxygen atoms in total. The third kappa shape index (κ3) is 3.55. The Kier molecular flexibility index (Phi) is 4.96. The Morgan fingerprint density at radius 2 is 1.90 bits per heavy atom. The van der Waals surface area contributed by atoms with Crippen LogP contribution in [-0.4, -0.2) is 28.6 Å². The van der Waals surface area contributed by atoms with E-state index < -0.39 is 17.8 Å². The third-order valence-corrected chi connectivity index (χ3v) is 5.21. The molecule has 2 heterocycles. The SMILES string of the molecule is C[C@@H](OC(=O)CCn1c(=O)oc2ccccc21)C(=O)N1c2ccccc2C[C@@H]1C. The number of hydrogen-bond acceptors (Lipinski definition) is 5. The van der Waals surface area contributed by atoms with Crippen LogP contribution in [0, 0.1) is 0 Å². The molecule has 29 heavy (non-hydrogen) atoms. The summed E-state index contributed by atoms with van der Waals surface area (Å²) in [6.07, 6.45) is -0.166. The Bertz CT molecular complexity index is 1130. The molecule has 7 heteroatoms. The van der Waals surface area contributed by atoms with Crippen molar-refractivity contribution in [2.24, 2.45) is 0 Å². The number of fused-ring (bicyclic) bond motifs is 2. The normalized spacial score (nSPS) is 16.6. The van der Waals surface area contributed by atoms with Crippen molar-refractivity contribution in [1.82, 2.24) is 4.57 Å². The number of para-hydroxylation sites is 3. The van der Waals surface area contributed by atoms with E-state index >= 15 is 0 Å². The van der Waals surface area contributed by atoms with Crippen LogP contribution in [0.2, 0.25) is 0 Å². The van der Waals surface area contributed by atoms with Gasteiger partial charge in [-0.1, -0.05) is 30.3 Å². The third-order valence-electron chi connectivity index (χ3n) is 5.21. The first-order chi connectivity index (χ1) is 14.0. The monoisotopic (exact) mass is 394 g/mol. The van der Waals surface area contributed by atoms with Crippen LogP contribution in [0.3, 0.4) is 0 Å². The predicted molar refractivity (Wildman–Crippen MR) is 108 cm³/mol. The second kappa shape index (κ2) is 7.58. The zero-order chi connectivity index (χ0) is 20.5. The van der Waals surface area contributed by atoms with Gasteiger partial charge in [-0.05, 0) is 44.0 Å². The van der Waals surface area contributed by atoms with E-state index in [-0.39, 0.29) is 24.9 Å². The lowest BCUT2D eigenvalue weighted by Crippen LogP contribution is -2.43. The van der Waals surface area contributed by atoms with Gasteiger partial charge in [0.05, 0.1) is 11.9 Å². The number of aromatic nitrogens is 1. The topological polar surface area (TPSA) is 81.7 Å². The first-order valence-electron chi connectivity index (χ1n) is 9.64. The number of rotatable bonds is 5. The fraction of sp³-hybridized carbons (Fsp3) is 0.318. The summed E-state index contributed by atoms with van der Waals surface area (Å²) < 4.78 is 11.9. The first kappa shape index (κ1) is 19.0. The number of carbonyl (C=O) groups is 2. The number of benzene rings is 2. The highest BCUT2D eigenvalue weighted by Crippen LogP contribution is 2.32. The molecule has 0 radical (unpaired) electrons. The van der Waals surface area contributed by atoms with E-state index in [1.807, 2.05) is 31.2 Å². The number of esters is 1. The molecule has 2 atom stereocenters. The van der Waals surface area contributed by atoms with Crippen molar-refractivity contribution in [2.75, 3.05) is 4.90 Å². The highest BCUT2D eigenvalue weighted by Gasteiger charge is 2.34. The number of hydrogen-bond donors (Lipinski definition) is 0. The standard InChI is InChI=1S/C22H22N2O5/c1-14-13-16-7-3-4-8-17(16)24(14)21(26)15(2)28-20(25)11-12-23-18-9-5-6-10-19(18)29-22(23)27/h3-10,14-15H,11-13H2,1-2H3/t14-,15+/m0/s1. The Morgan fingerprint density at radius 1 is 1.17 bits per heavy atom. The van der Waals surface area contributed by atoms with Crippen LogP contribution in [0.4, 0.5) is 5.69 Å². The molecule has 1 aliphatic heterocycles. The molecule has 1 aliphatic rings. The minimum absolute atomic E-state index is 0.0110. The number of amides is 1. The molecule has 0 saturated heterocycles. The minimum atomic E-state index is -0.908. The van der Waals surface area contributed by atoms with Crippen LogP contribution in [-0.2, 0) is 27.3 Å². The summed E-state index contributed by atoms with van der Waals surface area (Å²) in [5, 5.41) is 0. The first-order valence-corrected chi connectivity index (χ1v) is 9.64. The molecule has 1 amide bonds. The van der Waals surface area contributed by atoms with Crippen molar-refractivity contribution in [2.45, 2.75) is 45.4 Å². The van der Waals surface area contributed by atoms with Crippen LogP contribution < -0.4 is 10.7 Å². The second-order valence-electron chi connectivity index (χ2n) is 7.26. The van der Waals surface area contributed by atoms with Crippen molar-refractivity contribution >= 4 is 28.7 Å². The van der Waals surface area contributed by atoms with Gasteiger partial charge in [0.15, 0.2) is 11.7 Å². The highest BCUT2D eigenvalue weighted by atomic mass is 16.5. The summed E-state index contributed by atoms with van der Waals surface area (Å²) >= 11 is 0. The number of ether oxygens (including phenoxy) is 1. The number of anilines is 1. The Hall–Kier alpha value is -3.35. The maximum absolute atomic E-state index is 12.9. The van der Waals surface area contributed by atoms with Crippen molar-refractivity contribution in [3.63, 3.8) is 0 Å². The summed E-state index contributed by atoms with van der Waals surface area (Å²) in [6, 6.07) is 14.8. The summed E-state index contributed by atoms with van der Waals surface area (Å²) in [7, 11) is 0. The van der Waals surface area contributed by atoms with Gasteiger partial charge in [0.2, 0.25) is 0 Å². The molecule has 4 rings (SSSR count). The molecule has 3 aromatic rings. The smallest absolute Gasteiger partial charge is 0.419 e. The van der Waals surface area contributed by atoms with Crippen molar-refractivity contribution in [3.05, 3.63) is 64.6 Å². The van der Waals surface area contributed by atoms with Crippen molar-refractivity contribution < 1.29 is 18.7 Å². The lowest BCUT2D eigenvalue weighted by Gasteiger charge is -2.25. The molecule has 0 unspecified atom stereocenters. The van der Waals surface area contributed by atoms with E-state index in [1.54, 1.807) is 36.1 Å². The second-order valence-corrected chi connectivity index (χ2v) is 7.26. The van der Waals surface area contributed by atoms with E-state index in [0.29, 0.717) is 11.1 Å². The van der Waals surface area contributed by atoms with Crippen LogP contribution in [0.15, 0.2) is 57.7 Å². The average Bonchev–Trinajstić information content (AvgIpc) is 3.20. The van der Waals surface area contributed by atoms with E-state index in [1.165, 1.54) is 4.57 Å².